The molecule has 1 atom stereocenters. The Morgan fingerprint density at radius 2 is 1.94 bits per heavy atom. The van der Waals surface area contributed by atoms with Gasteiger partial charge in [0.15, 0.2) is 5.82 Å². The number of hydrogen-bond donors (Lipinski definition) is 3. The Morgan fingerprint density at radius 1 is 1.18 bits per heavy atom. The zero-order valence-electron chi connectivity index (χ0n) is 17.0. The topological polar surface area (TPSA) is 149 Å². The molecule has 0 spiro atoms. The Bertz CT molecular complexity index is 1500. The van der Waals surface area contributed by atoms with E-state index in [1.54, 1.807) is 25.1 Å². The molecule has 9 nitrogen and oxygen atoms in total. The Labute approximate surface area is 196 Å². The van der Waals surface area contributed by atoms with Gasteiger partial charge in [0.05, 0.1) is 27.7 Å². The Morgan fingerprint density at radius 3 is 2.64 bits per heavy atom. The lowest BCUT2D eigenvalue weighted by atomic mass is 10.2. The first-order valence-corrected chi connectivity index (χ1v) is 10.2. The number of halogens is 3. The third-order valence-electron chi connectivity index (χ3n) is 4.78. The van der Waals surface area contributed by atoms with E-state index in [0.29, 0.717) is 5.52 Å². The highest BCUT2D eigenvalue weighted by molar-refractivity contribution is 6.35. The molecule has 4 aromatic rings. The van der Waals surface area contributed by atoms with E-state index in [0.717, 1.165) is 12.1 Å². The summed E-state index contributed by atoms with van der Waals surface area (Å²) in [7, 11) is 0. The van der Waals surface area contributed by atoms with E-state index in [1.165, 1.54) is 10.6 Å². The predicted molar refractivity (Wildman–Crippen MR) is 125 cm³/mol. The van der Waals surface area contributed by atoms with Gasteiger partial charge < -0.3 is 16.8 Å². The van der Waals surface area contributed by atoms with Gasteiger partial charge in [0.1, 0.15) is 29.1 Å². The molecule has 12 heteroatoms. The number of benzene rings is 2. The van der Waals surface area contributed by atoms with Crippen molar-refractivity contribution < 1.29 is 4.39 Å². The molecule has 0 aliphatic carbocycles. The summed E-state index contributed by atoms with van der Waals surface area (Å²) >= 11 is 12.3. The van der Waals surface area contributed by atoms with Crippen molar-refractivity contribution in [3.05, 3.63) is 74.0 Å². The molecule has 0 amide bonds. The molecule has 2 aromatic heterocycles. The van der Waals surface area contributed by atoms with Crippen molar-refractivity contribution in [3.63, 3.8) is 0 Å². The average molecular weight is 485 g/mol. The number of fused-ring (bicyclic) bond motifs is 1. The second-order valence-corrected chi connectivity index (χ2v) is 7.88. The van der Waals surface area contributed by atoms with Gasteiger partial charge in [-0.15, -0.1) is 0 Å². The van der Waals surface area contributed by atoms with Crippen LogP contribution in [-0.4, -0.2) is 19.5 Å². The predicted octanol–water partition coefficient (Wildman–Crippen LogP) is 3.83. The van der Waals surface area contributed by atoms with Gasteiger partial charge in [-0.3, -0.25) is 9.36 Å². The number of anilines is 3. The maximum Gasteiger partial charge on any atom is 0.267 e. The highest BCUT2D eigenvalue weighted by Crippen LogP contribution is 2.27. The summed E-state index contributed by atoms with van der Waals surface area (Å²) in [6.07, 6.45) is 0. The van der Waals surface area contributed by atoms with Crippen molar-refractivity contribution in [2.45, 2.75) is 13.0 Å². The maximum absolute atomic E-state index is 14.2. The minimum Gasteiger partial charge on any atom is -0.382 e. The number of nitrogen functional groups attached to an aromatic ring is 2. The number of nitrogens with zero attached hydrogens (tertiary/aromatic N) is 5. The Balaban J connectivity index is 1.97. The van der Waals surface area contributed by atoms with Gasteiger partial charge in [0.2, 0.25) is 5.95 Å². The van der Waals surface area contributed by atoms with Crippen LogP contribution in [0.2, 0.25) is 10.0 Å². The quantitative estimate of drug-likeness (QED) is 0.395. The molecule has 0 radical (unpaired) electrons. The van der Waals surface area contributed by atoms with Crippen LogP contribution in [0, 0.1) is 17.1 Å². The molecule has 166 valence electrons. The van der Waals surface area contributed by atoms with Gasteiger partial charge in [-0.2, -0.15) is 15.2 Å². The number of aromatic nitrogens is 4. The van der Waals surface area contributed by atoms with Crippen LogP contribution in [0.4, 0.5) is 22.0 Å². The molecule has 0 aliphatic heterocycles. The standard InChI is InChI=1S/C21H15Cl2FN8O/c1-9(28-18-13(8-25)17(26)30-21(27)31-18)19-29-15-4-2-3-14(23)16(15)20(33)32(19)12-6-10(22)5-11(24)7-12/h2-7,9H,1H3,(H5,26,27,28,30,31)/t9-/m0/s1. The molecule has 0 bridgehead atoms. The van der Waals surface area contributed by atoms with Crippen LogP contribution < -0.4 is 22.3 Å². The maximum atomic E-state index is 14.2. The third-order valence-corrected chi connectivity index (χ3v) is 5.32. The lowest BCUT2D eigenvalue weighted by Crippen LogP contribution is -2.28. The van der Waals surface area contributed by atoms with Gasteiger partial charge in [0.25, 0.3) is 5.56 Å². The Kier molecular flexibility index (Phi) is 5.76. The van der Waals surface area contributed by atoms with Crippen molar-refractivity contribution in [1.82, 2.24) is 19.5 Å². The summed E-state index contributed by atoms with van der Waals surface area (Å²) < 4.78 is 15.4. The molecule has 0 fully saturated rings. The molecule has 2 heterocycles. The van der Waals surface area contributed by atoms with E-state index in [4.69, 9.17) is 34.7 Å². The number of rotatable bonds is 4. The highest BCUT2D eigenvalue weighted by Gasteiger charge is 2.22. The van der Waals surface area contributed by atoms with Crippen molar-refractivity contribution in [3.8, 4) is 11.8 Å². The molecule has 0 unspecified atom stereocenters. The molecule has 5 N–H and O–H groups in total. The monoisotopic (exact) mass is 484 g/mol. The minimum absolute atomic E-state index is 0.0254. The van der Waals surface area contributed by atoms with Crippen LogP contribution >= 0.6 is 23.2 Å². The number of nitrogens with two attached hydrogens (primary N) is 2. The third kappa shape index (κ3) is 4.11. The average Bonchev–Trinajstić information content (AvgIpc) is 2.72. The summed E-state index contributed by atoms with van der Waals surface area (Å²) in [5, 5.41) is 12.9. The van der Waals surface area contributed by atoms with Crippen LogP contribution in [-0.2, 0) is 0 Å². The van der Waals surface area contributed by atoms with Crippen LogP contribution in [0.1, 0.15) is 24.4 Å². The summed E-state index contributed by atoms with van der Waals surface area (Å²) in [6, 6.07) is 9.71. The molecule has 33 heavy (non-hydrogen) atoms. The minimum atomic E-state index is -0.732. The second kappa shape index (κ2) is 8.54. The fourth-order valence-corrected chi connectivity index (χ4v) is 3.86. The van der Waals surface area contributed by atoms with Crippen molar-refractivity contribution in [2.75, 3.05) is 16.8 Å². The van der Waals surface area contributed by atoms with E-state index in [-0.39, 0.29) is 50.1 Å². The van der Waals surface area contributed by atoms with Gasteiger partial charge >= 0.3 is 0 Å². The SMILES string of the molecule is C[C@H](Nc1nc(N)nc(N)c1C#N)c1nc2cccc(Cl)c2c(=O)n1-c1cc(F)cc(Cl)c1. The van der Waals surface area contributed by atoms with Crippen molar-refractivity contribution in [2.24, 2.45) is 0 Å². The molecular formula is C21H15Cl2FN8O. The zero-order valence-corrected chi connectivity index (χ0v) is 18.5. The highest BCUT2D eigenvalue weighted by atomic mass is 35.5. The van der Waals surface area contributed by atoms with Gasteiger partial charge in [-0.25, -0.2) is 9.37 Å². The molecule has 0 aliphatic rings. The van der Waals surface area contributed by atoms with Gasteiger partial charge in [-0.05, 0) is 37.3 Å². The normalized spacial score (nSPS) is 11.8. The fourth-order valence-electron chi connectivity index (χ4n) is 3.40. The number of nitriles is 1. The van der Waals surface area contributed by atoms with E-state index >= 15 is 0 Å². The van der Waals surface area contributed by atoms with Gasteiger partial charge in [0, 0.05) is 5.02 Å². The van der Waals surface area contributed by atoms with E-state index in [9.17, 15) is 14.4 Å². The first kappa shape index (κ1) is 22.3. The molecule has 2 aromatic carbocycles. The molecule has 0 saturated heterocycles. The van der Waals surface area contributed by atoms with E-state index in [1.807, 2.05) is 6.07 Å². The Hall–Kier alpha value is -3.94. The van der Waals surface area contributed by atoms with Crippen LogP contribution in [0.25, 0.3) is 16.6 Å². The summed E-state index contributed by atoms with van der Waals surface area (Å²) in [5.74, 6) is -0.658. The summed E-state index contributed by atoms with van der Waals surface area (Å²) in [6.45, 7) is 1.67. The van der Waals surface area contributed by atoms with Crippen molar-refractivity contribution >= 4 is 51.7 Å². The lowest BCUT2D eigenvalue weighted by Gasteiger charge is -2.21. The number of hydrogen-bond acceptors (Lipinski definition) is 8. The summed E-state index contributed by atoms with van der Waals surface area (Å²) in [5.41, 5.74) is 11.4. The van der Waals surface area contributed by atoms with Crippen LogP contribution in [0.15, 0.2) is 41.2 Å². The van der Waals surface area contributed by atoms with Crippen LogP contribution in [0.5, 0.6) is 0 Å². The lowest BCUT2D eigenvalue weighted by molar-refractivity contribution is 0.624. The smallest absolute Gasteiger partial charge is 0.267 e. The van der Waals surface area contributed by atoms with Crippen molar-refractivity contribution in [1.29, 1.82) is 5.26 Å². The van der Waals surface area contributed by atoms with E-state index < -0.39 is 17.4 Å². The first-order valence-electron chi connectivity index (χ1n) is 9.47. The van der Waals surface area contributed by atoms with Gasteiger partial charge in [-0.1, -0.05) is 29.3 Å². The zero-order chi connectivity index (χ0) is 23.9. The molecular weight excluding hydrogens is 470 g/mol. The largest absolute Gasteiger partial charge is 0.382 e. The molecule has 0 saturated carbocycles. The molecule has 4 rings (SSSR count). The van der Waals surface area contributed by atoms with E-state index in [2.05, 4.69) is 20.3 Å². The number of nitrogens with one attached hydrogen (secondary N) is 1. The van der Waals surface area contributed by atoms with Crippen LogP contribution in [0.3, 0.4) is 0 Å². The fraction of sp³-hybridized carbons (Fsp3) is 0.0952. The second-order valence-electron chi connectivity index (χ2n) is 7.04. The summed E-state index contributed by atoms with van der Waals surface area (Å²) in [4.78, 5) is 25.9. The first-order chi connectivity index (χ1) is 15.7.